The number of furan rings is 1. The average molecular weight is 450 g/mol. The van der Waals surface area contributed by atoms with Gasteiger partial charge in [0.15, 0.2) is 5.69 Å². The topological polar surface area (TPSA) is 109 Å². The molecule has 1 unspecified atom stereocenters. The van der Waals surface area contributed by atoms with Crippen LogP contribution in [0.25, 0.3) is 0 Å². The van der Waals surface area contributed by atoms with E-state index in [1.807, 2.05) is 31.2 Å². The second kappa shape index (κ2) is 9.72. The molecule has 4 rings (SSSR count). The number of benzene rings is 1. The molecule has 0 fully saturated rings. The zero-order chi connectivity index (χ0) is 23.4. The van der Waals surface area contributed by atoms with Crippen molar-refractivity contribution in [2.75, 3.05) is 6.54 Å². The SMILES string of the molecule is Cc1ccc(CN2CCCn3nc(C(=O)NC(C)C(=O)NCc4ccco4)cc3C2=O)cc1. The third kappa shape index (κ3) is 5.31. The monoisotopic (exact) mass is 449 g/mol. The minimum absolute atomic E-state index is 0.112. The van der Waals surface area contributed by atoms with Gasteiger partial charge in [0.25, 0.3) is 11.8 Å². The van der Waals surface area contributed by atoms with Gasteiger partial charge in [-0.3, -0.25) is 19.1 Å². The first-order valence-corrected chi connectivity index (χ1v) is 10.9. The van der Waals surface area contributed by atoms with Crippen molar-refractivity contribution in [2.24, 2.45) is 0 Å². The first kappa shape index (κ1) is 22.3. The Hall–Kier alpha value is -3.88. The molecule has 2 aromatic heterocycles. The van der Waals surface area contributed by atoms with Crippen LogP contribution in [0.3, 0.4) is 0 Å². The van der Waals surface area contributed by atoms with Crippen LogP contribution >= 0.6 is 0 Å². The molecule has 33 heavy (non-hydrogen) atoms. The minimum atomic E-state index is -0.775. The molecule has 9 nitrogen and oxygen atoms in total. The zero-order valence-electron chi connectivity index (χ0n) is 18.7. The van der Waals surface area contributed by atoms with Crippen LogP contribution in [0.5, 0.6) is 0 Å². The molecule has 3 aromatic rings. The Morgan fingerprint density at radius 3 is 2.70 bits per heavy atom. The highest BCUT2D eigenvalue weighted by Gasteiger charge is 2.27. The molecule has 9 heteroatoms. The quantitative estimate of drug-likeness (QED) is 0.575. The van der Waals surface area contributed by atoms with Crippen molar-refractivity contribution in [1.29, 1.82) is 0 Å². The minimum Gasteiger partial charge on any atom is -0.467 e. The Balaban J connectivity index is 1.39. The van der Waals surface area contributed by atoms with Gasteiger partial charge in [-0.2, -0.15) is 5.10 Å². The lowest BCUT2D eigenvalue weighted by molar-refractivity contribution is -0.122. The van der Waals surface area contributed by atoms with Gasteiger partial charge in [-0.15, -0.1) is 0 Å². The van der Waals surface area contributed by atoms with Gasteiger partial charge in [-0.1, -0.05) is 29.8 Å². The highest BCUT2D eigenvalue weighted by molar-refractivity contribution is 5.99. The Kier molecular flexibility index (Phi) is 6.58. The van der Waals surface area contributed by atoms with Gasteiger partial charge >= 0.3 is 0 Å². The molecular formula is C24H27N5O4. The molecule has 0 bridgehead atoms. The maximum Gasteiger partial charge on any atom is 0.272 e. The van der Waals surface area contributed by atoms with Crippen LogP contribution in [-0.2, 0) is 24.4 Å². The summed E-state index contributed by atoms with van der Waals surface area (Å²) >= 11 is 0. The first-order valence-electron chi connectivity index (χ1n) is 10.9. The summed E-state index contributed by atoms with van der Waals surface area (Å²) in [6.07, 6.45) is 2.26. The molecule has 3 amide bonds. The number of fused-ring (bicyclic) bond motifs is 1. The second-order valence-corrected chi connectivity index (χ2v) is 8.20. The largest absolute Gasteiger partial charge is 0.467 e. The first-order chi connectivity index (χ1) is 15.9. The number of rotatable bonds is 7. The van der Waals surface area contributed by atoms with Gasteiger partial charge in [0.1, 0.15) is 17.5 Å². The third-order valence-corrected chi connectivity index (χ3v) is 5.57. The molecule has 1 aliphatic heterocycles. The van der Waals surface area contributed by atoms with Crippen molar-refractivity contribution in [1.82, 2.24) is 25.3 Å². The van der Waals surface area contributed by atoms with Gasteiger partial charge in [-0.25, -0.2) is 0 Å². The van der Waals surface area contributed by atoms with Crippen LogP contribution in [0.1, 0.15) is 51.2 Å². The number of nitrogens with one attached hydrogen (secondary N) is 2. The summed E-state index contributed by atoms with van der Waals surface area (Å²) in [4.78, 5) is 39.9. The van der Waals surface area contributed by atoms with E-state index in [1.54, 1.807) is 28.6 Å². The summed E-state index contributed by atoms with van der Waals surface area (Å²) in [5.74, 6) is -0.396. The maximum atomic E-state index is 13.1. The lowest BCUT2D eigenvalue weighted by atomic mass is 10.1. The zero-order valence-corrected chi connectivity index (χ0v) is 18.7. The highest BCUT2D eigenvalue weighted by atomic mass is 16.3. The second-order valence-electron chi connectivity index (χ2n) is 8.20. The molecule has 0 spiro atoms. The summed E-state index contributed by atoms with van der Waals surface area (Å²) < 4.78 is 6.76. The van der Waals surface area contributed by atoms with Crippen LogP contribution < -0.4 is 10.6 Å². The fourth-order valence-electron chi connectivity index (χ4n) is 3.69. The fourth-order valence-corrected chi connectivity index (χ4v) is 3.69. The van der Waals surface area contributed by atoms with Crippen molar-refractivity contribution in [3.8, 4) is 0 Å². The fraction of sp³-hybridized carbons (Fsp3) is 0.333. The predicted molar refractivity (Wildman–Crippen MR) is 120 cm³/mol. The number of hydrogen-bond donors (Lipinski definition) is 2. The smallest absolute Gasteiger partial charge is 0.272 e. The van der Waals surface area contributed by atoms with Crippen molar-refractivity contribution >= 4 is 17.7 Å². The Bertz CT molecular complexity index is 1130. The van der Waals surface area contributed by atoms with Gasteiger partial charge in [0.05, 0.1) is 12.8 Å². The molecule has 1 aliphatic rings. The normalized spacial score (nSPS) is 14.4. The summed E-state index contributed by atoms with van der Waals surface area (Å²) in [5, 5.41) is 9.67. The number of nitrogens with zero attached hydrogens (tertiary/aromatic N) is 3. The van der Waals surface area contributed by atoms with Crippen LogP contribution in [0.2, 0.25) is 0 Å². The number of amides is 3. The van der Waals surface area contributed by atoms with E-state index in [-0.39, 0.29) is 24.1 Å². The van der Waals surface area contributed by atoms with E-state index in [2.05, 4.69) is 15.7 Å². The number of hydrogen-bond acceptors (Lipinski definition) is 5. The van der Waals surface area contributed by atoms with Gasteiger partial charge in [-0.05, 0) is 38.0 Å². The van der Waals surface area contributed by atoms with Crippen molar-refractivity contribution in [3.63, 3.8) is 0 Å². The summed E-state index contributed by atoms with van der Waals surface area (Å²) in [6, 6.07) is 12.3. The van der Waals surface area contributed by atoms with Gasteiger partial charge in [0, 0.05) is 25.7 Å². The van der Waals surface area contributed by atoms with Crippen molar-refractivity contribution in [3.05, 3.63) is 77.0 Å². The van der Waals surface area contributed by atoms with E-state index in [0.717, 1.165) is 12.0 Å². The number of carbonyl (C=O) groups excluding carboxylic acids is 3. The molecule has 2 N–H and O–H groups in total. The molecule has 0 saturated heterocycles. The van der Waals surface area contributed by atoms with Crippen LogP contribution in [0.4, 0.5) is 0 Å². The van der Waals surface area contributed by atoms with Crippen molar-refractivity contribution in [2.45, 2.75) is 45.9 Å². The van der Waals surface area contributed by atoms with E-state index < -0.39 is 11.9 Å². The van der Waals surface area contributed by atoms with Gasteiger partial charge in [0.2, 0.25) is 5.91 Å². The predicted octanol–water partition coefficient (Wildman–Crippen LogP) is 2.27. The molecule has 1 atom stereocenters. The Morgan fingerprint density at radius 2 is 1.97 bits per heavy atom. The van der Waals surface area contributed by atoms with E-state index in [0.29, 0.717) is 31.1 Å². The standard InChI is InChI=1S/C24H27N5O4/c1-16-6-8-18(9-7-16)15-28-10-4-11-29-21(24(28)32)13-20(27-29)23(31)26-17(2)22(30)25-14-19-5-3-12-33-19/h3,5-9,12-13,17H,4,10-11,14-15H2,1-2H3,(H,25,30)(H,26,31). The van der Waals surface area contributed by atoms with Crippen LogP contribution in [0.15, 0.2) is 53.1 Å². The van der Waals surface area contributed by atoms with E-state index in [1.165, 1.54) is 17.9 Å². The maximum absolute atomic E-state index is 13.1. The molecular weight excluding hydrogens is 422 g/mol. The molecule has 3 heterocycles. The van der Waals surface area contributed by atoms with E-state index >= 15 is 0 Å². The molecule has 0 saturated carbocycles. The lowest BCUT2D eigenvalue weighted by Gasteiger charge is -2.20. The van der Waals surface area contributed by atoms with Gasteiger partial charge < -0.3 is 20.0 Å². The summed E-state index contributed by atoms with van der Waals surface area (Å²) in [5.41, 5.74) is 2.70. The van der Waals surface area contributed by atoms with E-state index in [4.69, 9.17) is 4.42 Å². The molecule has 0 radical (unpaired) electrons. The third-order valence-electron chi connectivity index (χ3n) is 5.57. The molecule has 1 aromatic carbocycles. The van der Waals surface area contributed by atoms with Crippen LogP contribution in [0, 0.1) is 6.92 Å². The summed E-state index contributed by atoms with van der Waals surface area (Å²) in [6.45, 7) is 5.50. The summed E-state index contributed by atoms with van der Waals surface area (Å²) in [7, 11) is 0. The molecule has 172 valence electrons. The van der Waals surface area contributed by atoms with Crippen molar-refractivity contribution < 1.29 is 18.8 Å². The lowest BCUT2D eigenvalue weighted by Crippen LogP contribution is -2.44. The average Bonchev–Trinajstić information content (AvgIpc) is 3.45. The highest BCUT2D eigenvalue weighted by Crippen LogP contribution is 2.17. The van der Waals surface area contributed by atoms with Crippen LogP contribution in [-0.4, -0.2) is 45.0 Å². The number of carbonyl (C=O) groups is 3. The Morgan fingerprint density at radius 1 is 1.18 bits per heavy atom. The molecule has 0 aliphatic carbocycles. The Labute approximate surface area is 191 Å². The number of aryl methyl sites for hydroxylation is 2. The van der Waals surface area contributed by atoms with E-state index in [9.17, 15) is 14.4 Å². The number of aromatic nitrogens is 2.